The van der Waals surface area contributed by atoms with Crippen molar-refractivity contribution in [3.8, 4) is 12.1 Å². The lowest BCUT2D eigenvalue weighted by Crippen LogP contribution is -2.46. The fraction of sp³-hybridized carbons (Fsp3) is 0.810. The second-order valence-electron chi connectivity index (χ2n) is 8.53. The molecule has 3 aliphatic rings. The van der Waals surface area contributed by atoms with Crippen molar-refractivity contribution in [2.75, 3.05) is 46.3 Å². The van der Waals surface area contributed by atoms with Gasteiger partial charge in [0.25, 0.3) is 0 Å². The Morgan fingerprint density at radius 2 is 1.74 bits per heavy atom. The third-order valence-electron chi connectivity index (χ3n) is 6.70. The molecule has 0 aromatic rings. The molecule has 1 unspecified atom stereocenters. The molecule has 0 aromatic carbocycles. The Morgan fingerprint density at radius 3 is 2.30 bits per heavy atom. The average Bonchev–Trinajstić information content (AvgIpc) is 3.27. The first kappa shape index (κ1) is 20.0. The third kappa shape index (κ3) is 4.39. The standard InChI is InChI=1S/C21H34N6/c1-17(2)25-10-7-20(8-11-25)27-14-13-26(21(27)18(15-22)16-23)12-6-19-5-4-9-24(19)3/h17,19-20H,4-14H2,1-3H3. The van der Waals surface area contributed by atoms with Gasteiger partial charge in [0.15, 0.2) is 5.57 Å². The summed E-state index contributed by atoms with van der Waals surface area (Å²) in [5.74, 6) is 0.906. The molecule has 0 radical (unpaired) electrons. The number of nitrogens with zero attached hydrogens (tertiary/aromatic N) is 6. The summed E-state index contributed by atoms with van der Waals surface area (Å²) in [6.45, 7) is 10.7. The molecule has 0 spiro atoms. The summed E-state index contributed by atoms with van der Waals surface area (Å²) in [7, 11) is 2.21. The number of hydrogen-bond donors (Lipinski definition) is 0. The monoisotopic (exact) mass is 370 g/mol. The highest BCUT2D eigenvalue weighted by Gasteiger charge is 2.35. The molecule has 0 bridgehead atoms. The fourth-order valence-electron chi connectivity index (χ4n) is 4.98. The molecule has 3 heterocycles. The second kappa shape index (κ2) is 8.95. The molecule has 0 N–H and O–H groups in total. The van der Waals surface area contributed by atoms with E-state index >= 15 is 0 Å². The fourth-order valence-corrected chi connectivity index (χ4v) is 4.98. The number of hydrogen-bond acceptors (Lipinski definition) is 6. The molecule has 3 saturated heterocycles. The molecular weight excluding hydrogens is 336 g/mol. The van der Waals surface area contributed by atoms with Gasteiger partial charge in [-0.05, 0) is 59.5 Å². The van der Waals surface area contributed by atoms with E-state index in [2.05, 4.69) is 52.6 Å². The topological polar surface area (TPSA) is 60.5 Å². The molecule has 0 saturated carbocycles. The van der Waals surface area contributed by atoms with Crippen LogP contribution in [0.2, 0.25) is 0 Å². The minimum absolute atomic E-state index is 0.290. The van der Waals surface area contributed by atoms with Gasteiger partial charge >= 0.3 is 0 Å². The summed E-state index contributed by atoms with van der Waals surface area (Å²) in [6.07, 6.45) is 5.90. The van der Waals surface area contributed by atoms with E-state index in [-0.39, 0.29) is 0 Å². The van der Waals surface area contributed by atoms with Gasteiger partial charge in [-0.3, -0.25) is 0 Å². The number of nitriles is 2. The summed E-state index contributed by atoms with van der Waals surface area (Å²) in [5, 5.41) is 19.1. The highest BCUT2D eigenvalue weighted by atomic mass is 15.4. The van der Waals surface area contributed by atoms with Crippen LogP contribution < -0.4 is 0 Å². The highest BCUT2D eigenvalue weighted by Crippen LogP contribution is 2.30. The molecule has 0 amide bonds. The van der Waals surface area contributed by atoms with Gasteiger partial charge in [-0.15, -0.1) is 0 Å². The molecule has 3 rings (SSSR count). The van der Waals surface area contributed by atoms with E-state index in [1.807, 2.05) is 0 Å². The predicted molar refractivity (Wildman–Crippen MR) is 107 cm³/mol. The molecule has 0 aliphatic carbocycles. The van der Waals surface area contributed by atoms with Crippen molar-refractivity contribution in [1.29, 1.82) is 10.5 Å². The Morgan fingerprint density at radius 1 is 1.04 bits per heavy atom. The van der Waals surface area contributed by atoms with Gasteiger partial charge in [-0.2, -0.15) is 10.5 Å². The van der Waals surface area contributed by atoms with Crippen LogP contribution in [-0.4, -0.2) is 84.0 Å². The maximum absolute atomic E-state index is 9.56. The van der Waals surface area contributed by atoms with Gasteiger partial charge in [0.05, 0.1) is 0 Å². The zero-order chi connectivity index (χ0) is 19.4. The lowest BCUT2D eigenvalue weighted by Gasteiger charge is -2.40. The van der Waals surface area contributed by atoms with Crippen molar-refractivity contribution in [3.05, 3.63) is 11.4 Å². The summed E-state index contributed by atoms with van der Waals surface area (Å²) in [5.41, 5.74) is 0.290. The number of likely N-dealkylation sites (tertiary alicyclic amines) is 2. The summed E-state index contributed by atoms with van der Waals surface area (Å²) < 4.78 is 0. The first-order valence-electron chi connectivity index (χ1n) is 10.6. The van der Waals surface area contributed by atoms with Crippen LogP contribution in [-0.2, 0) is 0 Å². The van der Waals surface area contributed by atoms with Crippen molar-refractivity contribution < 1.29 is 0 Å². The van der Waals surface area contributed by atoms with Gasteiger partial charge in [0, 0.05) is 50.8 Å². The van der Waals surface area contributed by atoms with E-state index in [0.717, 1.165) is 57.8 Å². The summed E-state index contributed by atoms with van der Waals surface area (Å²) >= 11 is 0. The zero-order valence-electron chi connectivity index (χ0n) is 17.2. The normalized spacial score (nSPS) is 25.3. The Bertz CT molecular complexity index is 604. The Labute approximate surface area is 164 Å². The number of allylic oxidation sites excluding steroid dienone is 1. The number of piperidine rings is 1. The highest BCUT2D eigenvalue weighted by molar-refractivity contribution is 5.40. The summed E-state index contributed by atoms with van der Waals surface area (Å²) in [4.78, 5) is 9.66. The lowest BCUT2D eigenvalue weighted by molar-refractivity contribution is 0.116. The van der Waals surface area contributed by atoms with Crippen LogP contribution in [0.15, 0.2) is 11.4 Å². The first-order chi connectivity index (χ1) is 13.0. The van der Waals surface area contributed by atoms with Crippen LogP contribution >= 0.6 is 0 Å². The van der Waals surface area contributed by atoms with Crippen molar-refractivity contribution in [1.82, 2.24) is 19.6 Å². The van der Waals surface area contributed by atoms with Gasteiger partial charge in [0.1, 0.15) is 18.0 Å². The molecule has 3 fully saturated rings. The van der Waals surface area contributed by atoms with Crippen LogP contribution in [0.5, 0.6) is 0 Å². The average molecular weight is 371 g/mol. The van der Waals surface area contributed by atoms with Gasteiger partial charge in [0.2, 0.25) is 0 Å². The van der Waals surface area contributed by atoms with Crippen LogP contribution in [0, 0.1) is 22.7 Å². The molecular formula is C21H34N6. The smallest absolute Gasteiger partial charge is 0.169 e. The maximum atomic E-state index is 9.56. The second-order valence-corrected chi connectivity index (χ2v) is 8.53. The van der Waals surface area contributed by atoms with Gasteiger partial charge < -0.3 is 19.6 Å². The SMILES string of the molecule is CC(C)N1CCC(N2CCN(CCC3CCCN3C)C2=C(C#N)C#N)CC1. The quantitative estimate of drug-likeness (QED) is 0.692. The zero-order valence-corrected chi connectivity index (χ0v) is 17.2. The van der Waals surface area contributed by atoms with Crippen molar-refractivity contribution >= 4 is 0 Å². The molecule has 148 valence electrons. The third-order valence-corrected chi connectivity index (χ3v) is 6.70. The minimum Gasteiger partial charge on any atom is -0.355 e. The molecule has 3 aliphatic heterocycles. The van der Waals surface area contributed by atoms with E-state index in [0.29, 0.717) is 23.7 Å². The van der Waals surface area contributed by atoms with Crippen LogP contribution in [0.25, 0.3) is 0 Å². The molecule has 6 heteroatoms. The van der Waals surface area contributed by atoms with E-state index < -0.39 is 0 Å². The van der Waals surface area contributed by atoms with Gasteiger partial charge in [-0.25, -0.2) is 0 Å². The molecule has 27 heavy (non-hydrogen) atoms. The Kier molecular flexibility index (Phi) is 6.63. The Hall–Kier alpha value is -1.76. The lowest BCUT2D eigenvalue weighted by atomic mass is 10.0. The van der Waals surface area contributed by atoms with Crippen LogP contribution in [0.1, 0.15) is 46.0 Å². The number of rotatable bonds is 5. The van der Waals surface area contributed by atoms with Crippen molar-refractivity contribution in [2.45, 2.75) is 64.1 Å². The van der Waals surface area contributed by atoms with Crippen molar-refractivity contribution in [2.24, 2.45) is 0 Å². The van der Waals surface area contributed by atoms with Crippen LogP contribution in [0.3, 0.4) is 0 Å². The van der Waals surface area contributed by atoms with E-state index in [9.17, 15) is 10.5 Å². The van der Waals surface area contributed by atoms with Crippen LogP contribution in [0.4, 0.5) is 0 Å². The summed E-state index contributed by atoms with van der Waals surface area (Å²) in [6, 6.07) is 6.02. The van der Waals surface area contributed by atoms with E-state index in [1.165, 1.54) is 19.4 Å². The largest absolute Gasteiger partial charge is 0.355 e. The predicted octanol–water partition coefficient (Wildman–Crippen LogP) is 2.22. The molecule has 1 atom stereocenters. The molecule has 6 nitrogen and oxygen atoms in total. The van der Waals surface area contributed by atoms with Crippen molar-refractivity contribution in [3.63, 3.8) is 0 Å². The van der Waals surface area contributed by atoms with Gasteiger partial charge in [-0.1, -0.05) is 0 Å². The molecule has 0 aromatic heterocycles. The van der Waals surface area contributed by atoms with E-state index in [4.69, 9.17) is 0 Å². The minimum atomic E-state index is 0.290. The van der Waals surface area contributed by atoms with E-state index in [1.54, 1.807) is 0 Å². The first-order valence-corrected chi connectivity index (χ1v) is 10.6. The Balaban J connectivity index is 1.69. The maximum Gasteiger partial charge on any atom is 0.169 e.